The predicted molar refractivity (Wildman–Crippen MR) is 49.0 cm³/mol. The molecule has 1 N–H and O–H groups in total. The molecule has 2 atom stereocenters. The Morgan fingerprint density at radius 1 is 1.62 bits per heavy atom. The Labute approximate surface area is 77.9 Å². The van der Waals surface area contributed by atoms with Crippen molar-refractivity contribution in [1.29, 1.82) is 0 Å². The van der Waals surface area contributed by atoms with Gasteiger partial charge in [0.1, 0.15) is 0 Å². The molecule has 0 radical (unpaired) electrons. The van der Waals surface area contributed by atoms with E-state index in [0.29, 0.717) is 12.2 Å². The number of terminal acetylenes is 1. The zero-order chi connectivity index (χ0) is 9.68. The third-order valence-corrected chi connectivity index (χ3v) is 2.38. The standard InChI is InChI=1S/C10H13NO2/c1-2-3-8-4-5-9(11-6-8)10(13)7-12/h1,7-9,11H,3-6H2. The third kappa shape index (κ3) is 2.67. The molecule has 0 saturated carbocycles. The van der Waals surface area contributed by atoms with Gasteiger partial charge in [-0.25, -0.2) is 0 Å². The van der Waals surface area contributed by atoms with Gasteiger partial charge in [0.15, 0.2) is 6.29 Å². The Morgan fingerprint density at radius 3 is 2.85 bits per heavy atom. The lowest BCUT2D eigenvalue weighted by molar-refractivity contribution is -0.131. The number of piperidine rings is 1. The van der Waals surface area contributed by atoms with Crippen LogP contribution in [0.1, 0.15) is 19.3 Å². The van der Waals surface area contributed by atoms with Gasteiger partial charge in [0.2, 0.25) is 5.78 Å². The van der Waals surface area contributed by atoms with Crippen LogP contribution in [0, 0.1) is 18.3 Å². The summed E-state index contributed by atoms with van der Waals surface area (Å²) in [6, 6.07) is -0.272. The quantitative estimate of drug-likeness (QED) is 0.381. The van der Waals surface area contributed by atoms with Crippen LogP contribution >= 0.6 is 0 Å². The number of hydrogen-bond acceptors (Lipinski definition) is 3. The van der Waals surface area contributed by atoms with Crippen LogP contribution < -0.4 is 5.32 Å². The van der Waals surface area contributed by atoms with Crippen molar-refractivity contribution in [1.82, 2.24) is 5.32 Å². The highest BCUT2D eigenvalue weighted by molar-refractivity contribution is 6.27. The molecule has 1 aliphatic rings. The molecule has 0 amide bonds. The van der Waals surface area contributed by atoms with Crippen LogP contribution in [0.3, 0.4) is 0 Å². The van der Waals surface area contributed by atoms with Gasteiger partial charge < -0.3 is 5.32 Å². The first-order valence-electron chi connectivity index (χ1n) is 4.43. The fourth-order valence-corrected chi connectivity index (χ4v) is 1.58. The van der Waals surface area contributed by atoms with Crippen LogP contribution in [0.25, 0.3) is 0 Å². The van der Waals surface area contributed by atoms with Crippen molar-refractivity contribution in [2.24, 2.45) is 5.92 Å². The molecule has 0 spiro atoms. The molecule has 1 rings (SSSR count). The second-order valence-electron chi connectivity index (χ2n) is 3.33. The van der Waals surface area contributed by atoms with Crippen molar-refractivity contribution < 1.29 is 9.59 Å². The van der Waals surface area contributed by atoms with Crippen molar-refractivity contribution in [2.45, 2.75) is 25.3 Å². The van der Waals surface area contributed by atoms with Crippen molar-refractivity contribution in [3.8, 4) is 12.3 Å². The van der Waals surface area contributed by atoms with Gasteiger partial charge in [0, 0.05) is 6.42 Å². The smallest absolute Gasteiger partial charge is 0.211 e. The fourth-order valence-electron chi connectivity index (χ4n) is 1.58. The van der Waals surface area contributed by atoms with E-state index in [1.54, 1.807) is 0 Å². The summed E-state index contributed by atoms with van der Waals surface area (Å²) in [5.74, 6) is 2.71. The van der Waals surface area contributed by atoms with Crippen molar-refractivity contribution in [2.75, 3.05) is 6.54 Å². The van der Waals surface area contributed by atoms with E-state index in [-0.39, 0.29) is 11.8 Å². The highest BCUT2D eigenvalue weighted by Crippen LogP contribution is 2.16. The number of carbonyl (C=O) groups excluding carboxylic acids is 2. The molecule has 70 valence electrons. The van der Waals surface area contributed by atoms with E-state index in [1.165, 1.54) is 0 Å². The SMILES string of the molecule is C#CCC1CCC(C(=O)C=O)NC1. The number of hydrogen-bond donors (Lipinski definition) is 1. The average molecular weight is 179 g/mol. The number of Topliss-reactive ketones (excluding diaryl/α,β-unsaturated/α-hetero) is 1. The highest BCUT2D eigenvalue weighted by atomic mass is 16.2. The second-order valence-corrected chi connectivity index (χ2v) is 3.33. The van der Waals surface area contributed by atoms with Crippen LogP contribution in [-0.2, 0) is 9.59 Å². The van der Waals surface area contributed by atoms with Crippen molar-refractivity contribution in [3.05, 3.63) is 0 Å². The highest BCUT2D eigenvalue weighted by Gasteiger charge is 2.24. The summed E-state index contributed by atoms with van der Waals surface area (Å²) in [5.41, 5.74) is 0. The molecule has 1 aliphatic heterocycles. The van der Waals surface area contributed by atoms with E-state index in [2.05, 4.69) is 11.2 Å². The van der Waals surface area contributed by atoms with Gasteiger partial charge in [0.25, 0.3) is 0 Å². The molecule has 0 bridgehead atoms. The number of ketones is 1. The molecule has 0 aromatic carbocycles. The van der Waals surface area contributed by atoms with Gasteiger partial charge in [-0.05, 0) is 25.3 Å². The van der Waals surface area contributed by atoms with Gasteiger partial charge in [-0.1, -0.05) is 0 Å². The summed E-state index contributed by atoms with van der Waals surface area (Å²) in [5, 5.41) is 3.03. The van der Waals surface area contributed by atoms with Gasteiger partial charge in [-0.15, -0.1) is 12.3 Å². The summed E-state index contributed by atoms with van der Waals surface area (Å²) in [6.45, 7) is 0.744. The lowest BCUT2D eigenvalue weighted by Gasteiger charge is -2.26. The third-order valence-electron chi connectivity index (χ3n) is 2.38. The van der Waals surface area contributed by atoms with E-state index in [0.717, 1.165) is 25.8 Å². The maximum atomic E-state index is 11.0. The number of aldehydes is 1. The zero-order valence-electron chi connectivity index (χ0n) is 7.45. The Kier molecular flexibility index (Phi) is 3.66. The molecule has 0 aromatic heterocycles. The minimum Gasteiger partial charge on any atom is -0.307 e. The molecule has 1 heterocycles. The molecule has 2 unspecified atom stereocenters. The Hall–Kier alpha value is -1.14. The van der Waals surface area contributed by atoms with E-state index in [1.807, 2.05) is 0 Å². The lowest BCUT2D eigenvalue weighted by atomic mass is 9.91. The van der Waals surface area contributed by atoms with Gasteiger partial charge in [0.05, 0.1) is 6.04 Å². The Balaban J connectivity index is 2.35. The van der Waals surface area contributed by atoms with E-state index < -0.39 is 0 Å². The summed E-state index contributed by atoms with van der Waals surface area (Å²) in [6.07, 6.45) is 7.97. The predicted octanol–water partition coefficient (Wildman–Crippen LogP) is 0.146. The molecule has 1 fully saturated rings. The van der Waals surface area contributed by atoms with Crippen LogP contribution in [0.2, 0.25) is 0 Å². The first-order chi connectivity index (χ1) is 6.27. The Bertz CT molecular complexity index is 234. The average Bonchev–Trinajstić information content (AvgIpc) is 2.18. The minimum atomic E-state index is -0.348. The molecule has 0 aliphatic carbocycles. The van der Waals surface area contributed by atoms with Gasteiger partial charge in [-0.2, -0.15) is 0 Å². The molecular formula is C10H13NO2. The molecule has 3 heteroatoms. The van der Waals surface area contributed by atoms with E-state index >= 15 is 0 Å². The summed E-state index contributed by atoms with van der Waals surface area (Å²) in [7, 11) is 0. The molecule has 0 aromatic rings. The van der Waals surface area contributed by atoms with Crippen LogP contribution in [0.4, 0.5) is 0 Å². The summed E-state index contributed by atoms with van der Waals surface area (Å²) < 4.78 is 0. The second kappa shape index (κ2) is 4.78. The molecular weight excluding hydrogens is 166 g/mol. The van der Waals surface area contributed by atoms with Crippen molar-refractivity contribution >= 4 is 12.1 Å². The maximum absolute atomic E-state index is 11.0. The van der Waals surface area contributed by atoms with Crippen molar-refractivity contribution in [3.63, 3.8) is 0 Å². The van der Waals surface area contributed by atoms with Crippen LogP contribution in [0.5, 0.6) is 0 Å². The van der Waals surface area contributed by atoms with E-state index in [9.17, 15) is 9.59 Å². The van der Waals surface area contributed by atoms with Crippen LogP contribution in [-0.4, -0.2) is 24.7 Å². The lowest BCUT2D eigenvalue weighted by Crippen LogP contribution is -2.44. The first kappa shape index (κ1) is 9.94. The molecule has 1 saturated heterocycles. The Morgan fingerprint density at radius 2 is 2.38 bits per heavy atom. The zero-order valence-corrected chi connectivity index (χ0v) is 7.45. The summed E-state index contributed by atoms with van der Waals surface area (Å²) >= 11 is 0. The normalized spacial score (nSPS) is 27.6. The first-order valence-corrected chi connectivity index (χ1v) is 4.43. The maximum Gasteiger partial charge on any atom is 0.211 e. The monoisotopic (exact) mass is 179 g/mol. The van der Waals surface area contributed by atoms with E-state index in [4.69, 9.17) is 6.42 Å². The minimum absolute atomic E-state index is 0.272. The summed E-state index contributed by atoms with van der Waals surface area (Å²) in [4.78, 5) is 21.1. The number of rotatable bonds is 3. The van der Waals surface area contributed by atoms with Gasteiger partial charge >= 0.3 is 0 Å². The number of carbonyl (C=O) groups is 2. The largest absolute Gasteiger partial charge is 0.307 e. The topological polar surface area (TPSA) is 46.2 Å². The molecule has 13 heavy (non-hydrogen) atoms. The fraction of sp³-hybridized carbons (Fsp3) is 0.600. The van der Waals surface area contributed by atoms with Crippen LogP contribution in [0.15, 0.2) is 0 Å². The molecule has 3 nitrogen and oxygen atoms in total. The number of nitrogens with one attached hydrogen (secondary N) is 1. The van der Waals surface area contributed by atoms with Gasteiger partial charge in [-0.3, -0.25) is 9.59 Å².